The van der Waals surface area contributed by atoms with Crippen LogP contribution < -0.4 is 10.0 Å². The van der Waals surface area contributed by atoms with Crippen LogP contribution in [0.5, 0.6) is 0 Å². The Morgan fingerprint density at radius 2 is 1.86 bits per heavy atom. The summed E-state index contributed by atoms with van der Waals surface area (Å²) in [5.74, 6) is 0.687. The number of aliphatic hydroxyl groups is 1. The summed E-state index contributed by atoms with van der Waals surface area (Å²) in [6, 6.07) is 3.82. The van der Waals surface area contributed by atoms with Crippen LogP contribution in [-0.4, -0.2) is 59.9 Å². The second kappa shape index (κ2) is 8.65. The van der Waals surface area contributed by atoms with E-state index in [2.05, 4.69) is 25.0 Å². The minimum atomic E-state index is -3.99. The molecule has 1 saturated heterocycles. The molecule has 0 bridgehead atoms. The molecule has 9 nitrogen and oxygen atoms in total. The maximum Gasteiger partial charge on any atom is 0.241 e. The standard InChI is InChI=1S/C26H30FN5O4S/c1-25(2,27)12-31-37(34,35)23-20-7-18(32-19-10-29-24(30-11-19)26(33)13-36-14-26)6-16(20)5-17-9-28-22(8-21(17)23)15-3-4-15/h5,8-11,15,18,31-33H,3-4,6-7,12-14H2,1-2H3/t18-/m1/s1. The molecule has 11 heteroatoms. The molecule has 0 radical (unpaired) electrons. The van der Waals surface area contributed by atoms with Crippen LogP contribution in [0.4, 0.5) is 10.1 Å². The highest BCUT2D eigenvalue weighted by molar-refractivity contribution is 7.89. The number of ether oxygens (including phenoxy) is 1. The lowest BCUT2D eigenvalue weighted by molar-refractivity contribution is -0.189. The molecule has 3 aromatic rings. The van der Waals surface area contributed by atoms with Crippen molar-refractivity contribution in [2.75, 3.05) is 25.1 Å². The van der Waals surface area contributed by atoms with E-state index < -0.39 is 21.3 Å². The van der Waals surface area contributed by atoms with E-state index in [1.165, 1.54) is 13.8 Å². The first-order valence-corrected chi connectivity index (χ1v) is 14.0. The smallest absolute Gasteiger partial charge is 0.241 e. The van der Waals surface area contributed by atoms with Gasteiger partial charge < -0.3 is 15.2 Å². The summed E-state index contributed by atoms with van der Waals surface area (Å²) in [7, 11) is -3.99. The van der Waals surface area contributed by atoms with Crippen LogP contribution in [0.15, 0.2) is 35.6 Å². The Kier molecular flexibility index (Phi) is 5.75. The third-order valence-electron chi connectivity index (χ3n) is 7.18. The zero-order valence-electron chi connectivity index (χ0n) is 20.8. The molecular formula is C26H30FN5O4S. The summed E-state index contributed by atoms with van der Waals surface area (Å²) >= 11 is 0. The summed E-state index contributed by atoms with van der Waals surface area (Å²) in [6.45, 7) is 2.73. The molecule has 0 unspecified atom stereocenters. The molecule has 2 aliphatic carbocycles. The Bertz CT molecular complexity index is 1470. The number of benzene rings is 1. The number of fused-ring (bicyclic) bond motifs is 2. The van der Waals surface area contributed by atoms with Crippen molar-refractivity contribution in [1.82, 2.24) is 19.7 Å². The SMILES string of the molecule is CC(C)(F)CNS(=O)(=O)c1c2c(cc3cnc(C4CC4)cc13)C[C@@H](Nc1cnc(C3(O)COC3)nc1)C2. The average Bonchev–Trinajstić information content (AvgIpc) is 3.60. The van der Waals surface area contributed by atoms with Gasteiger partial charge in [0.2, 0.25) is 10.0 Å². The molecule has 0 spiro atoms. The summed E-state index contributed by atoms with van der Waals surface area (Å²) in [5.41, 5.74) is 0.411. The average molecular weight is 528 g/mol. The van der Waals surface area contributed by atoms with Gasteiger partial charge in [-0.2, -0.15) is 0 Å². The van der Waals surface area contributed by atoms with E-state index in [0.717, 1.165) is 35.0 Å². The Morgan fingerprint density at radius 3 is 2.49 bits per heavy atom. The van der Waals surface area contributed by atoms with Gasteiger partial charge in [-0.05, 0) is 62.8 Å². The highest BCUT2D eigenvalue weighted by Gasteiger charge is 2.41. The number of rotatable bonds is 8. The van der Waals surface area contributed by atoms with Crippen LogP contribution in [0.1, 0.15) is 55.3 Å². The summed E-state index contributed by atoms with van der Waals surface area (Å²) in [6.07, 6.45) is 8.17. The predicted molar refractivity (Wildman–Crippen MR) is 136 cm³/mol. The number of anilines is 1. The third-order valence-corrected chi connectivity index (χ3v) is 8.70. The Hall–Kier alpha value is -2.73. The monoisotopic (exact) mass is 527 g/mol. The van der Waals surface area contributed by atoms with Crippen molar-refractivity contribution in [2.45, 2.75) is 67.7 Å². The van der Waals surface area contributed by atoms with Gasteiger partial charge >= 0.3 is 0 Å². The zero-order valence-corrected chi connectivity index (χ0v) is 21.6. The van der Waals surface area contributed by atoms with Crippen LogP contribution in [-0.2, 0) is 33.2 Å². The Labute approximate surface area is 214 Å². The van der Waals surface area contributed by atoms with Crippen molar-refractivity contribution in [3.63, 3.8) is 0 Å². The molecule has 196 valence electrons. The molecule has 2 fully saturated rings. The fourth-order valence-electron chi connectivity index (χ4n) is 5.02. The van der Waals surface area contributed by atoms with E-state index in [1.807, 2.05) is 12.1 Å². The molecule has 2 aromatic heterocycles. The van der Waals surface area contributed by atoms with Crippen LogP contribution in [0.2, 0.25) is 0 Å². The predicted octanol–water partition coefficient (Wildman–Crippen LogP) is 2.73. The van der Waals surface area contributed by atoms with Crippen LogP contribution in [0, 0.1) is 0 Å². The van der Waals surface area contributed by atoms with Crippen LogP contribution in [0.25, 0.3) is 10.8 Å². The van der Waals surface area contributed by atoms with Crippen LogP contribution >= 0.6 is 0 Å². The maximum absolute atomic E-state index is 14.3. The molecule has 3 aliphatic rings. The van der Waals surface area contributed by atoms with Gasteiger partial charge in [-0.15, -0.1) is 0 Å². The maximum atomic E-state index is 14.3. The molecule has 0 amide bonds. The number of sulfonamides is 1. The molecule has 1 saturated carbocycles. The van der Waals surface area contributed by atoms with Crippen molar-refractivity contribution in [3.8, 4) is 0 Å². The largest absolute Gasteiger partial charge is 0.379 e. The van der Waals surface area contributed by atoms with Gasteiger partial charge in [-0.1, -0.05) is 0 Å². The zero-order chi connectivity index (χ0) is 26.0. The van der Waals surface area contributed by atoms with Crippen molar-refractivity contribution in [2.24, 2.45) is 0 Å². The van der Waals surface area contributed by atoms with Crippen molar-refractivity contribution < 1.29 is 22.7 Å². The van der Waals surface area contributed by atoms with E-state index in [4.69, 9.17) is 4.74 Å². The number of nitrogens with zero attached hydrogens (tertiary/aromatic N) is 3. The summed E-state index contributed by atoms with van der Waals surface area (Å²) in [4.78, 5) is 13.4. The second-order valence-corrected chi connectivity index (χ2v) is 12.8. The fourth-order valence-corrected chi connectivity index (χ4v) is 6.70. The summed E-state index contributed by atoms with van der Waals surface area (Å²) in [5, 5.41) is 15.2. The van der Waals surface area contributed by atoms with Gasteiger partial charge in [0, 0.05) is 41.2 Å². The third kappa shape index (κ3) is 4.81. The van der Waals surface area contributed by atoms with E-state index in [0.29, 0.717) is 35.7 Å². The molecule has 3 heterocycles. The normalized spacial score (nSPS) is 21.0. The molecular weight excluding hydrogens is 497 g/mol. The first-order valence-electron chi connectivity index (χ1n) is 12.5. The molecule has 1 aromatic carbocycles. The minimum absolute atomic E-state index is 0.0844. The van der Waals surface area contributed by atoms with E-state index >= 15 is 0 Å². The first kappa shape index (κ1) is 24.6. The first-order chi connectivity index (χ1) is 17.5. The molecule has 37 heavy (non-hydrogen) atoms. The van der Waals surface area contributed by atoms with Crippen molar-refractivity contribution in [3.05, 3.63) is 53.4 Å². The lowest BCUT2D eigenvalue weighted by Crippen LogP contribution is -2.47. The molecule has 6 rings (SSSR count). The number of hydrogen-bond donors (Lipinski definition) is 3. The van der Waals surface area contributed by atoms with Gasteiger partial charge in [0.25, 0.3) is 0 Å². The number of pyridine rings is 1. The van der Waals surface area contributed by atoms with Crippen molar-refractivity contribution in [1.29, 1.82) is 0 Å². The number of alkyl halides is 1. The topological polar surface area (TPSA) is 126 Å². The summed E-state index contributed by atoms with van der Waals surface area (Å²) < 4.78 is 49.0. The lowest BCUT2D eigenvalue weighted by atomic mass is 10.0. The highest BCUT2D eigenvalue weighted by atomic mass is 32.2. The van der Waals surface area contributed by atoms with Crippen molar-refractivity contribution >= 4 is 26.5 Å². The van der Waals surface area contributed by atoms with E-state index in [1.54, 1.807) is 18.6 Å². The fraction of sp³-hybridized carbons (Fsp3) is 0.500. The van der Waals surface area contributed by atoms with Gasteiger partial charge in [0.05, 0.1) is 36.2 Å². The van der Waals surface area contributed by atoms with Gasteiger partial charge in [0.1, 0.15) is 5.67 Å². The van der Waals surface area contributed by atoms with Crippen LogP contribution in [0.3, 0.4) is 0 Å². The molecule has 3 N–H and O–H groups in total. The van der Waals surface area contributed by atoms with E-state index in [9.17, 15) is 17.9 Å². The lowest BCUT2D eigenvalue weighted by Gasteiger charge is -2.34. The quantitative estimate of drug-likeness (QED) is 0.408. The molecule has 1 aliphatic heterocycles. The van der Waals surface area contributed by atoms with Gasteiger partial charge in [-0.25, -0.2) is 27.5 Å². The van der Waals surface area contributed by atoms with Gasteiger partial charge in [0.15, 0.2) is 11.4 Å². The highest BCUT2D eigenvalue weighted by Crippen LogP contribution is 2.42. The number of halogens is 1. The Morgan fingerprint density at radius 1 is 1.14 bits per heavy atom. The number of nitrogens with one attached hydrogen (secondary N) is 2. The molecule has 1 atom stereocenters. The number of hydrogen-bond acceptors (Lipinski definition) is 8. The minimum Gasteiger partial charge on any atom is -0.379 e. The second-order valence-electron chi connectivity index (χ2n) is 11.1. The van der Waals surface area contributed by atoms with Gasteiger partial charge in [-0.3, -0.25) is 4.98 Å². The van der Waals surface area contributed by atoms with E-state index in [-0.39, 0.29) is 30.7 Å². The Balaban J connectivity index is 1.33. The number of aromatic nitrogens is 3.